The van der Waals surface area contributed by atoms with Gasteiger partial charge in [0.2, 0.25) is 0 Å². The Hall–Kier alpha value is -1.35. The van der Waals surface area contributed by atoms with E-state index in [0.29, 0.717) is 0 Å². The minimum atomic E-state index is 0.189. The van der Waals surface area contributed by atoms with Crippen LogP contribution in [0.1, 0.15) is 25.8 Å². The van der Waals surface area contributed by atoms with Crippen molar-refractivity contribution in [2.45, 2.75) is 32.7 Å². The van der Waals surface area contributed by atoms with E-state index >= 15 is 0 Å². The molecule has 0 aromatic heterocycles. The van der Waals surface area contributed by atoms with Gasteiger partial charge >= 0.3 is 0 Å². The van der Waals surface area contributed by atoms with Crippen molar-refractivity contribution in [2.75, 3.05) is 11.6 Å². The molecule has 1 heterocycles. The molecule has 16 heavy (non-hydrogen) atoms. The summed E-state index contributed by atoms with van der Waals surface area (Å²) in [5.41, 5.74) is 9.56. The van der Waals surface area contributed by atoms with Gasteiger partial charge in [0.15, 0.2) is 0 Å². The van der Waals surface area contributed by atoms with Gasteiger partial charge in [-0.15, -0.1) is 0 Å². The van der Waals surface area contributed by atoms with Gasteiger partial charge < -0.3 is 5.73 Å². The van der Waals surface area contributed by atoms with Crippen molar-refractivity contribution in [1.29, 1.82) is 0 Å². The van der Waals surface area contributed by atoms with Crippen LogP contribution in [0.25, 0.3) is 0 Å². The number of benzene rings is 1. The van der Waals surface area contributed by atoms with E-state index in [1.165, 1.54) is 17.0 Å². The molecule has 1 unspecified atom stereocenters. The first-order chi connectivity index (χ1) is 7.66. The van der Waals surface area contributed by atoms with Crippen LogP contribution in [0.3, 0.4) is 0 Å². The summed E-state index contributed by atoms with van der Waals surface area (Å²) in [6.07, 6.45) is 1.97. The van der Waals surface area contributed by atoms with Crippen molar-refractivity contribution in [3.05, 3.63) is 29.8 Å². The third-order valence-electron chi connectivity index (χ3n) is 2.79. The number of nitrogens with zero attached hydrogens (tertiary/aromatic N) is 2. The highest BCUT2D eigenvalue weighted by molar-refractivity contribution is 5.85. The second-order valence-corrected chi connectivity index (χ2v) is 4.52. The van der Waals surface area contributed by atoms with Crippen LogP contribution >= 0.6 is 0 Å². The first-order valence-corrected chi connectivity index (χ1v) is 5.82. The van der Waals surface area contributed by atoms with Gasteiger partial charge in [0.1, 0.15) is 0 Å². The predicted octanol–water partition coefficient (Wildman–Crippen LogP) is 2.16. The normalized spacial score (nSPS) is 17.4. The summed E-state index contributed by atoms with van der Waals surface area (Å²) >= 11 is 0. The SMILES string of the molecule is CC1=NN(c2ccccc2CC(C)N)CC1. The summed E-state index contributed by atoms with van der Waals surface area (Å²) in [5.74, 6) is 0. The summed E-state index contributed by atoms with van der Waals surface area (Å²) in [6, 6.07) is 8.58. The third kappa shape index (κ3) is 2.42. The van der Waals surface area contributed by atoms with E-state index in [1.54, 1.807) is 0 Å². The molecule has 0 fully saturated rings. The molecule has 0 saturated heterocycles. The van der Waals surface area contributed by atoms with Crippen molar-refractivity contribution in [2.24, 2.45) is 10.8 Å². The fourth-order valence-electron chi connectivity index (χ4n) is 2.03. The Kier molecular flexibility index (Phi) is 3.25. The maximum atomic E-state index is 5.86. The molecule has 0 saturated carbocycles. The maximum absolute atomic E-state index is 5.86. The molecule has 0 spiro atoms. The van der Waals surface area contributed by atoms with Crippen LogP contribution < -0.4 is 10.7 Å². The number of nitrogens with two attached hydrogens (primary N) is 1. The molecular formula is C13H19N3. The van der Waals surface area contributed by atoms with Crippen molar-refractivity contribution in [3.8, 4) is 0 Å². The largest absolute Gasteiger partial charge is 0.328 e. The topological polar surface area (TPSA) is 41.6 Å². The standard InChI is InChI=1S/C13H19N3/c1-10(14)9-12-5-3-4-6-13(12)16-8-7-11(2)15-16/h3-6,10H,7-9,14H2,1-2H3. The molecule has 2 N–H and O–H groups in total. The molecule has 0 amide bonds. The van der Waals surface area contributed by atoms with Gasteiger partial charge in [-0.2, -0.15) is 5.10 Å². The molecule has 1 atom stereocenters. The van der Waals surface area contributed by atoms with Gasteiger partial charge in [0.05, 0.1) is 5.69 Å². The Morgan fingerprint density at radius 1 is 1.44 bits per heavy atom. The van der Waals surface area contributed by atoms with Crippen molar-refractivity contribution >= 4 is 11.4 Å². The van der Waals surface area contributed by atoms with Crippen LogP contribution in [0.2, 0.25) is 0 Å². The number of para-hydroxylation sites is 1. The lowest BCUT2D eigenvalue weighted by Gasteiger charge is -2.18. The average molecular weight is 217 g/mol. The van der Waals surface area contributed by atoms with E-state index < -0.39 is 0 Å². The predicted molar refractivity (Wildman–Crippen MR) is 68.9 cm³/mol. The van der Waals surface area contributed by atoms with Crippen LogP contribution in [0.15, 0.2) is 29.4 Å². The monoisotopic (exact) mass is 217 g/mol. The molecule has 2 rings (SSSR count). The lowest BCUT2D eigenvalue weighted by Crippen LogP contribution is -2.21. The van der Waals surface area contributed by atoms with Crippen LogP contribution in [0.5, 0.6) is 0 Å². The van der Waals surface area contributed by atoms with Gasteiger partial charge in [0.25, 0.3) is 0 Å². The summed E-state index contributed by atoms with van der Waals surface area (Å²) in [4.78, 5) is 0. The fourth-order valence-corrected chi connectivity index (χ4v) is 2.03. The molecule has 86 valence electrons. The van der Waals surface area contributed by atoms with Crippen molar-refractivity contribution in [1.82, 2.24) is 0 Å². The summed E-state index contributed by atoms with van der Waals surface area (Å²) in [6.45, 7) is 5.10. The fraction of sp³-hybridized carbons (Fsp3) is 0.462. The van der Waals surface area contributed by atoms with E-state index in [4.69, 9.17) is 5.73 Å². The zero-order valence-corrected chi connectivity index (χ0v) is 9.98. The molecule has 3 heteroatoms. The quantitative estimate of drug-likeness (QED) is 0.843. The van der Waals surface area contributed by atoms with Gasteiger partial charge in [-0.1, -0.05) is 18.2 Å². The first-order valence-electron chi connectivity index (χ1n) is 5.82. The summed E-state index contributed by atoms with van der Waals surface area (Å²) < 4.78 is 0. The van der Waals surface area contributed by atoms with Crippen LogP contribution in [0.4, 0.5) is 5.69 Å². The molecular weight excluding hydrogens is 198 g/mol. The molecule has 0 bridgehead atoms. The minimum Gasteiger partial charge on any atom is -0.328 e. The van der Waals surface area contributed by atoms with E-state index in [1.807, 2.05) is 6.92 Å². The minimum absolute atomic E-state index is 0.189. The van der Waals surface area contributed by atoms with Gasteiger partial charge in [-0.05, 0) is 31.9 Å². The van der Waals surface area contributed by atoms with E-state index in [0.717, 1.165) is 19.4 Å². The summed E-state index contributed by atoms with van der Waals surface area (Å²) in [5, 5.41) is 6.63. The molecule has 1 aromatic carbocycles. The lowest BCUT2D eigenvalue weighted by molar-refractivity contribution is 0.734. The lowest BCUT2D eigenvalue weighted by atomic mass is 10.1. The van der Waals surface area contributed by atoms with Crippen LogP contribution in [-0.4, -0.2) is 18.3 Å². The Balaban J connectivity index is 2.26. The molecule has 0 aliphatic carbocycles. The Labute approximate surface area is 96.9 Å². The smallest absolute Gasteiger partial charge is 0.0626 e. The number of rotatable bonds is 3. The molecule has 1 aliphatic heterocycles. The highest BCUT2D eigenvalue weighted by atomic mass is 15.5. The van der Waals surface area contributed by atoms with Crippen LogP contribution in [0, 0.1) is 0 Å². The summed E-state index contributed by atoms with van der Waals surface area (Å²) in [7, 11) is 0. The molecule has 1 aliphatic rings. The number of hydrogen-bond acceptors (Lipinski definition) is 3. The Morgan fingerprint density at radius 2 is 2.19 bits per heavy atom. The second kappa shape index (κ2) is 4.66. The highest BCUT2D eigenvalue weighted by Crippen LogP contribution is 2.24. The Morgan fingerprint density at radius 3 is 2.81 bits per heavy atom. The number of hydrogen-bond donors (Lipinski definition) is 1. The average Bonchev–Trinajstić information content (AvgIpc) is 2.65. The third-order valence-corrected chi connectivity index (χ3v) is 2.79. The van der Waals surface area contributed by atoms with Crippen molar-refractivity contribution < 1.29 is 0 Å². The van der Waals surface area contributed by atoms with Crippen LogP contribution in [-0.2, 0) is 6.42 Å². The Bertz CT molecular complexity index is 396. The second-order valence-electron chi connectivity index (χ2n) is 4.52. The molecule has 0 radical (unpaired) electrons. The highest BCUT2D eigenvalue weighted by Gasteiger charge is 2.15. The van der Waals surface area contributed by atoms with Crippen molar-refractivity contribution in [3.63, 3.8) is 0 Å². The van der Waals surface area contributed by atoms with E-state index in [-0.39, 0.29) is 6.04 Å². The van der Waals surface area contributed by atoms with Gasteiger partial charge in [-0.3, -0.25) is 5.01 Å². The van der Waals surface area contributed by atoms with E-state index in [9.17, 15) is 0 Å². The van der Waals surface area contributed by atoms with Gasteiger partial charge in [0, 0.05) is 24.7 Å². The molecule has 3 nitrogen and oxygen atoms in total. The zero-order chi connectivity index (χ0) is 11.5. The van der Waals surface area contributed by atoms with E-state index in [2.05, 4.69) is 41.3 Å². The molecule has 1 aromatic rings. The maximum Gasteiger partial charge on any atom is 0.0626 e. The first kappa shape index (κ1) is 11.1. The zero-order valence-electron chi connectivity index (χ0n) is 9.98. The number of hydrazone groups is 1. The number of anilines is 1. The van der Waals surface area contributed by atoms with Gasteiger partial charge in [-0.25, -0.2) is 0 Å².